The van der Waals surface area contributed by atoms with Crippen molar-refractivity contribution in [1.29, 1.82) is 0 Å². The van der Waals surface area contributed by atoms with E-state index in [4.69, 9.17) is 5.11 Å². The fourth-order valence-electron chi connectivity index (χ4n) is 2.17. The van der Waals surface area contributed by atoms with Crippen molar-refractivity contribution in [1.82, 2.24) is 0 Å². The lowest BCUT2D eigenvalue weighted by atomic mass is 10.1. The van der Waals surface area contributed by atoms with Crippen LogP contribution >= 0.6 is 0 Å². The van der Waals surface area contributed by atoms with Crippen molar-refractivity contribution in [3.8, 4) is 0 Å². The molecule has 16 heavy (non-hydrogen) atoms. The molecule has 0 fully saturated rings. The summed E-state index contributed by atoms with van der Waals surface area (Å²) in [7, 11) is 1.83. The second kappa shape index (κ2) is 4.16. The van der Waals surface area contributed by atoms with Gasteiger partial charge in [0.25, 0.3) is 0 Å². The van der Waals surface area contributed by atoms with Gasteiger partial charge in [-0.2, -0.15) is 0 Å². The molecule has 0 amide bonds. The minimum absolute atomic E-state index is 0.487. The lowest BCUT2D eigenvalue weighted by Crippen LogP contribution is -2.35. The van der Waals surface area contributed by atoms with Gasteiger partial charge in [0.05, 0.1) is 0 Å². The van der Waals surface area contributed by atoms with Crippen LogP contribution in [-0.2, 0) is 17.6 Å². The number of carboxylic acids is 1. The zero-order valence-corrected chi connectivity index (χ0v) is 9.73. The maximum atomic E-state index is 10.9. The standard InChI is InChI=1S/C13H17NO2/c1-9(13(15)16)14(2)12-7-6-10-4-3-5-11(10)8-12/h6-9H,3-5H2,1-2H3,(H,15,16). The molecular weight excluding hydrogens is 202 g/mol. The number of anilines is 1. The number of aryl methyl sites for hydroxylation is 2. The predicted octanol–water partition coefficient (Wildman–Crippen LogP) is 2.08. The molecule has 0 aromatic heterocycles. The van der Waals surface area contributed by atoms with Crippen molar-refractivity contribution in [2.75, 3.05) is 11.9 Å². The molecule has 1 aromatic carbocycles. The van der Waals surface area contributed by atoms with E-state index in [0.717, 1.165) is 18.5 Å². The second-order valence-electron chi connectivity index (χ2n) is 4.43. The Morgan fingerprint density at radius 2 is 2.06 bits per heavy atom. The van der Waals surface area contributed by atoms with E-state index in [1.54, 1.807) is 11.8 Å². The van der Waals surface area contributed by atoms with Gasteiger partial charge < -0.3 is 10.0 Å². The average molecular weight is 219 g/mol. The molecule has 3 heteroatoms. The van der Waals surface area contributed by atoms with Crippen molar-refractivity contribution in [3.05, 3.63) is 29.3 Å². The van der Waals surface area contributed by atoms with E-state index in [-0.39, 0.29) is 0 Å². The number of fused-ring (bicyclic) bond motifs is 1. The molecule has 0 spiro atoms. The summed E-state index contributed by atoms with van der Waals surface area (Å²) in [5, 5.41) is 8.97. The van der Waals surface area contributed by atoms with E-state index in [1.165, 1.54) is 17.5 Å². The van der Waals surface area contributed by atoms with E-state index in [1.807, 2.05) is 13.1 Å². The quantitative estimate of drug-likeness (QED) is 0.846. The van der Waals surface area contributed by atoms with Crippen LogP contribution in [-0.4, -0.2) is 24.2 Å². The third-order valence-corrected chi connectivity index (χ3v) is 3.43. The van der Waals surface area contributed by atoms with E-state index >= 15 is 0 Å². The fraction of sp³-hybridized carbons (Fsp3) is 0.462. The van der Waals surface area contributed by atoms with Crippen molar-refractivity contribution in [2.45, 2.75) is 32.2 Å². The third kappa shape index (κ3) is 1.90. The number of benzene rings is 1. The van der Waals surface area contributed by atoms with Gasteiger partial charge in [0, 0.05) is 12.7 Å². The third-order valence-electron chi connectivity index (χ3n) is 3.43. The maximum Gasteiger partial charge on any atom is 0.326 e. The summed E-state index contributed by atoms with van der Waals surface area (Å²) in [6, 6.07) is 5.79. The van der Waals surface area contributed by atoms with Crippen molar-refractivity contribution in [2.24, 2.45) is 0 Å². The summed E-state index contributed by atoms with van der Waals surface area (Å²) in [6.07, 6.45) is 3.50. The zero-order chi connectivity index (χ0) is 11.7. The topological polar surface area (TPSA) is 40.5 Å². The van der Waals surface area contributed by atoms with Crippen LogP contribution in [0.4, 0.5) is 5.69 Å². The fourth-order valence-corrected chi connectivity index (χ4v) is 2.17. The lowest BCUT2D eigenvalue weighted by Gasteiger charge is -2.24. The van der Waals surface area contributed by atoms with Crippen LogP contribution in [0.2, 0.25) is 0 Å². The Balaban J connectivity index is 2.24. The molecule has 1 aromatic rings. The number of carboxylic acid groups (broad SMARTS) is 1. The Bertz CT molecular complexity index is 414. The van der Waals surface area contributed by atoms with Gasteiger partial charge in [-0.25, -0.2) is 4.79 Å². The molecule has 0 radical (unpaired) electrons. The summed E-state index contributed by atoms with van der Waals surface area (Å²) < 4.78 is 0. The highest BCUT2D eigenvalue weighted by Gasteiger charge is 2.19. The Labute approximate surface area is 95.7 Å². The van der Waals surface area contributed by atoms with Gasteiger partial charge >= 0.3 is 5.97 Å². The zero-order valence-electron chi connectivity index (χ0n) is 9.73. The largest absolute Gasteiger partial charge is 0.480 e. The van der Waals surface area contributed by atoms with Gasteiger partial charge in [-0.3, -0.25) is 0 Å². The maximum absolute atomic E-state index is 10.9. The first-order valence-electron chi connectivity index (χ1n) is 5.67. The number of hydrogen-bond acceptors (Lipinski definition) is 2. The van der Waals surface area contributed by atoms with Gasteiger partial charge in [-0.15, -0.1) is 0 Å². The van der Waals surface area contributed by atoms with Crippen molar-refractivity contribution >= 4 is 11.7 Å². The first kappa shape index (κ1) is 11.0. The molecule has 1 aliphatic rings. The first-order valence-corrected chi connectivity index (χ1v) is 5.67. The average Bonchev–Trinajstić information content (AvgIpc) is 2.73. The summed E-state index contributed by atoms with van der Waals surface area (Å²) in [4.78, 5) is 12.7. The summed E-state index contributed by atoms with van der Waals surface area (Å²) in [6.45, 7) is 1.70. The number of carbonyl (C=O) groups is 1. The minimum Gasteiger partial charge on any atom is -0.480 e. The monoisotopic (exact) mass is 219 g/mol. The van der Waals surface area contributed by atoms with Crippen LogP contribution in [0.1, 0.15) is 24.5 Å². The van der Waals surface area contributed by atoms with Crippen LogP contribution in [0, 0.1) is 0 Å². The molecule has 86 valence electrons. The van der Waals surface area contributed by atoms with Crippen LogP contribution < -0.4 is 4.90 Å². The molecule has 0 saturated carbocycles. The van der Waals surface area contributed by atoms with E-state index in [9.17, 15) is 4.79 Å². The molecule has 1 unspecified atom stereocenters. The Hall–Kier alpha value is -1.51. The summed E-state index contributed by atoms with van der Waals surface area (Å²) in [5.74, 6) is -0.789. The molecule has 0 heterocycles. The van der Waals surface area contributed by atoms with E-state index in [0.29, 0.717) is 0 Å². The molecular formula is C13H17NO2. The lowest BCUT2D eigenvalue weighted by molar-refractivity contribution is -0.138. The van der Waals surface area contributed by atoms with Gasteiger partial charge in [0.2, 0.25) is 0 Å². The van der Waals surface area contributed by atoms with Crippen molar-refractivity contribution < 1.29 is 9.90 Å². The van der Waals surface area contributed by atoms with Gasteiger partial charge in [0.15, 0.2) is 0 Å². The van der Waals surface area contributed by atoms with Crippen LogP contribution in [0.15, 0.2) is 18.2 Å². The normalized spacial score (nSPS) is 15.6. The highest BCUT2D eigenvalue weighted by atomic mass is 16.4. The summed E-state index contributed by atoms with van der Waals surface area (Å²) in [5.41, 5.74) is 3.79. The Morgan fingerprint density at radius 3 is 2.75 bits per heavy atom. The number of nitrogens with zero attached hydrogens (tertiary/aromatic N) is 1. The molecule has 3 nitrogen and oxygen atoms in total. The van der Waals surface area contributed by atoms with Gasteiger partial charge in [-0.1, -0.05) is 6.07 Å². The molecule has 2 rings (SSSR count). The van der Waals surface area contributed by atoms with Gasteiger partial charge in [0.1, 0.15) is 6.04 Å². The predicted molar refractivity (Wildman–Crippen MR) is 64.0 cm³/mol. The van der Waals surface area contributed by atoms with E-state index < -0.39 is 12.0 Å². The van der Waals surface area contributed by atoms with Crippen LogP contribution in [0.25, 0.3) is 0 Å². The van der Waals surface area contributed by atoms with Crippen LogP contribution in [0.3, 0.4) is 0 Å². The van der Waals surface area contributed by atoms with E-state index in [2.05, 4.69) is 12.1 Å². The van der Waals surface area contributed by atoms with Crippen LogP contribution in [0.5, 0.6) is 0 Å². The molecule has 0 aliphatic heterocycles. The molecule has 1 N–H and O–H groups in total. The molecule has 0 bridgehead atoms. The molecule has 1 aliphatic carbocycles. The Kier molecular flexibility index (Phi) is 2.86. The number of aliphatic carboxylic acids is 1. The second-order valence-corrected chi connectivity index (χ2v) is 4.43. The SMILES string of the molecule is CC(C(=O)O)N(C)c1ccc2c(c1)CCC2. The smallest absolute Gasteiger partial charge is 0.326 e. The molecule has 0 saturated heterocycles. The highest BCUT2D eigenvalue weighted by Crippen LogP contribution is 2.27. The van der Waals surface area contributed by atoms with Crippen molar-refractivity contribution in [3.63, 3.8) is 0 Å². The number of likely N-dealkylation sites (N-methyl/N-ethyl adjacent to an activating group) is 1. The minimum atomic E-state index is -0.789. The number of hydrogen-bond donors (Lipinski definition) is 1. The van der Waals surface area contributed by atoms with Gasteiger partial charge in [-0.05, 0) is 49.4 Å². The highest BCUT2D eigenvalue weighted by molar-refractivity contribution is 5.77. The Morgan fingerprint density at radius 1 is 1.38 bits per heavy atom. The molecule has 1 atom stereocenters. The first-order chi connectivity index (χ1) is 7.59. The number of rotatable bonds is 3. The summed E-state index contributed by atoms with van der Waals surface area (Å²) >= 11 is 0.